The van der Waals surface area contributed by atoms with Crippen molar-refractivity contribution in [1.29, 1.82) is 0 Å². The maximum atomic E-state index is 13.3. The first-order chi connectivity index (χ1) is 14.1. The summed E-state index contributed by atoms with van der Waals surface area (Å²) in [6.07, 6.45) is 3.37. The molecule has 29 heavy (non-hydrogen) atoms. The Hall–Kier alpha value is -2.91. The van der Waals surface area contributed by atoms with Gasteiger partial charge in [0, 0.05) is 5.69 Å². The largest absolute Gasteiger partial charge is 0.494 e. The number of imidazole rings is 1. The summed E-state index contributed by atoms with van der Waals surface area (Å²) in [6, 6.07) is 11.5. The molecule has 0 saturated carbocycles. The van der Waals surface area contributed by atoms with Crippen molar-refractivity contribution in [1.82, 2.24) is 14.5 Å². The van der Waals surface area contributed by atoms with Crippen LogP contribution in [0.25, 0.3) is 15.9 Å². The molecule has 2 heterocycles. The molecule has 0 unspecified atom stereocenters. The van der Waals surface area contributed by atoms with Crippen molar-refractivity contribution in [2.45, 2.75) is 12.1 Å². The molecule has 2 aromatic carbocycles. The van der Waals surface area contributed by atoms with Crippen LogP contribution in [0, 0.1) is 5.82 Å². The zero-order valence-electron chi connectivity index (χ0n) is 15.7. The van der Waals surface area contributed by atoms with Crippen LogP contribution in [0.5, 0.6) is 5.75 Å². The molecule has 0 aliphatic rings. The maximum Gasteiger partial charge on any atom is 0.276 e. The number of nitrogens with one attached hydrogen (secondary N) is 1. The van der Waals surface area contributed by atoms with Gasteiger partial charge in [0.1, 0.15) is 17.3 Å². The molecule has 0 aliphatic carbocycles. The number of aromatic nitrogens is 3. The normalized spacial score (nSPS) is 11.0. The molecule has 4 rings (SSSR count). The predicted molar refractivity (Wildman–Crippen MR) is 114 cm³/mol. The number of rotatable bonds is 6. The second-order valence-corrected chi connectivity index (χ2v) is 7.78. The zero-order chi connectivity index (χ0) is 20.4. The third-order valence-electron chi connectivity index (χ3n) is 4.12. The lowest BCUT2D eigenvalue weighted by molar-refractivity contribution is 0.102. The Morgan fingerprint density at radius 2 is 2.07 bits per heavy atom. The summed E-state index contributed by atoms with van der Waals surface area (Å²) >= 11 is 2.77. The number of thiazole rings is 1. The number of ether oxygens (including phenoxy) is 1. The SMILES string of the molecule is CCOc1ccc2nc(NC(=O)c3cnc(SC)n3-c3ccc(F)cc3)sc2c1. The Morgan fingerprint density at radius 3 is 2.79 bits per heavy atom. The molecule has 4 aromatic rings. The van der Waals surface area contributed by atoms with Gasteiger partial charge in [-0.2, -0.15) is 0 Å². The topological polar surface area (TPSA) is 69.0 Å². The molecular weight excluding hydrogens is 411 g/mol. The Morgan fingerprint density at radius 1 is 1.28 bits per heavy atom. The molecule has 9 heteroatoms. The Labute approximate surface area is 174 Å². The molecule has 0 aliphatic heterocycles. The monoisotopic (exact) mass is 428 g/mol. The van der Waals surface area contributed by atoms with E-state index >= 15 is 0 Å². The number of amides is 1. The minimum absolute atomic E-state index is 0.341. The number of hydrogen-bond acceptors (Lipinski definition) is 6. The van der Waals surface area contributed by atoms with Crippen molar-refractivity contribution in [3.05, 3.63) is 60.2 Å². The summed E-state index contributed by atoms with van der Waals surface area (Å²) in [7, 11) is 0. The third kappa shape index (κ3) is 3.96. The average molecular weight is 429 g/mol. The van der Waals surface area contributed by atoms with Gasteiger partial charge in [0.2, 0.25) is 0 Å². The van der Waals surface area contributed by atoms with Gasteiger partial charge in [-0.25, -0.2) is 14.4 Å². The summed E-state index contributed by atoms with van der Waals surface area (Å²) in [5, 5.41) is 3.96. The van der Waals surface area contributed by atoms with Crippen molar-refractivity contribution in [3.8, 4) is 11.4 Å². The van der Waals surface area contributed by atoms with E-state index in [4.69, 9.17) is 4.74 Å². The fraction of sp³-hybridized carbons (Fsp3) is 0.150. The van der Waals surface area contributed by atoms with E-state index in [9.17, 15) is 9.18 Å². The Kier molecular flexibility index (Phi) is 5.50. The van der Waals surface area contributed by atoms with Gasteiger partial charge in [0.05, 0.1) is 23.0 Å². The van der Waals surface area contributed by atoms with Crippen molar-refractivity contribution >= 4 is 44.4 Å². The number of hydrogen-bond donors (Lipinski definition) is 1. The van der Waals surface area contributed by atoms with Gasteiger partial charge in [-0.15, -0.1) is 0 Å². The van der Waals surface area contributed by atoms with E-state index in [-0.39, 0.29) is 11.7 Å². The first-order valence-corrected chi connectivity index (χ1v) is 10.9. The number of anilines is 1. The van der Waals surface area contributed by atoms with E-state index in [0.29, 0.717) is 28.3 Å². The van der Waals surface area contributed by atoms with Gasteiger partial charge < -0.3 is 4.74 Å². The second-order valence-electron chi connectivity index (χ2n) is 5.98. The van der Waals surface area contributed by atoms with E-state index in [2.05, 4.69) is 15.3 Å². The number of carbonyl (C=O) groups is 1. The summed E-state index contributed by atoms with van der Waals surface area (Å²) in [6.45, 7) is 2.51. The van der Waals surface area contributed by atoms with Crippen LogP contribution in [-0.4, -0.2) is 33.3 Å². The molecule has 0 radical (unpaired) electrons. The van der Waals surface area contributed by atoms with E-state index in [1.54, 1.807) is 16.7 Å². The highest BCUT2D eigenvalue weighted by molar-refractivity contribution is 7.98. The summed E-state index contributed by atoms with van der Waals surface area (Å²) in [5.74, 6) is 0.0817. The van der Waals surface area contributed by atoms with Crippen LogP contribution in [0.3, 0.4) is 0 Å². The smallest absolute Gasteiger partial charge is 0.276 e. The fourth-order valence-electron chi connectivity index (χ4n) is 2.85. The first kappa shape index (κ1) is 19.4. The van der Waals surface area contributed by atoms with Crippen LogP contribution in [-0.2, 0) is 0 Å². The second kappa shape index (κ2) is 8.22. The average Bonchev–Trinajstić information content (AvgIpc) is 3.32. The Balaban J connectivity index is 1.64. The lowest BCUT2D eigenvalue weighted by Crippen LogP contribution is -2.16. The lowest BCUT2D eigenvalue weighted by Gasteiger charge is -2.10. The molecule has 0 bridgehead atoms. The van der Waals surface area contributed by atoms with Gasteiger partial charge in [-0.1, -0.05) is 23.1 Å². The highest BCUT2D eigenvalue weighted by Crippen LogP contribution is 2.30. The Bertz CT molecular complexity index is 1170. The van der Waals surface area contributed by atoms with Crippen LogP contribution in [0.2, 0.25) is 0 Å². The van der Waals surface area contributed by atoms with E-state index in [1.807, 2.05) is 31.4 Å². The van der Waals surface area contributed by atoms with Crippen LogP contribution in [0.4, 0.5) is 9.52 Å². The number of thioether (sulfide) groups is 1. The van der Waals surface area contributed by atoms with E-state index < -0.39 is 0 Å². The van der Waals surface area contributed by atoms with Crippen molar-refractivity contribution in [2.75, 3.05) is 18.2 Å². The minimum atomic E-state index is -0.341. The van der Waals surface area contributed by atoms with Crippen molar-refractivity contribution in [2.24, 2.45) is 0 Å². The van der Waals surface area contributed by atoms with E-state index in [1.165, 1.54) is 41.4 Å². The van der Waals surface area contributed by atoms with Crippen molar-refractivity contribution in [3.63, 3.8) is 0 Å². The highest BCUT2D eigenvalue weighted by atomic mass is 32.2. The van der Waals surface area contributed by atoms with Crippen LogP contribution in [0.15, 0.2) is 53.8 Å². The summed E-state index contributed by atoms with van der Waals surface area (Å²) in [5.41, 5.74) is 1.78. The molecule has 0 saturated heterocycles. The first-order valence-electron chi connectivity index (χ1n) is 8.81. The maximum absolute atomic E-state index is 13.3. The predicted octanol–water partition coefficient (Wildman–Crippen LogP) is 4.99. The molecular formula is C20H17FN4O2S2. The lowest BCUT2D eigenvalue weighted by atomic mass is 10.3. The fourth-order valence-corrected chi connectivity index (χ4v) is 4.29. The standard InChI is InChI=1S/C20H17FN4O2S2/c1-3-27-14-8-9-15-17(10-14)29-19(23-15)24-18(26)16-11-22-20(28-2)25(16)13-6-4-12(21)5-7-13/h4-11H,3H2,1-2H3,(H,23,24,26). The van der Waals surface area contributed by atoms with Gasteiger partial charge in [0.25, 0.3) is 5.91 Å². The third-order valence-corrected chi connectivity index (χ3v) is 5.71. The van der Waals surface area contributed by atoms with Gasteiger partial charge >= 0.3 is 0 Å². The number of carbonyl (C=O) groups excluding carboxylic acids is 1. The molecule has 6 nitrogen and oxygen atoms in total. The summed E-state index contributed by atoms with van der Waals surface area (Å²) in [4.78, 5) is 21.7. The molecule has 1 N–H and O–H groups in total. The summed E-state index contributed by atoms with van der Waals surface area (Å²) < 4.78 is 21.4. The quantitative estimate of drug-likeness (QED) is 0.438. The van der Waals surface area contributed by atoms with Crippen LogP contribution >= 0.6 is 23.1 Å². The number of fused-ring (bicyclic) bond motifs is 1. The molecule has 2 aromatic heterocycles. The number of nitrogens with zero attached hydrogens (tertiary/aromatic N) is 3. The molecule has 1 amide bonds. The van der Waals surface area contributed by atoms with Crippen molar-refractivity contribution < 1.29 is 13.9 Å². The van der Waals surface area contributed by atoms with Crippen LogP contribution < -0.4 is 10.1 Å². The number of halogens is 1. The number of benzene rings is 2. The van der Waals surface area contributed by atoms with Gasteiger partial charge in [-0.05, 0) is 55.6 Å². The van der Waals surface area contributed by atoms with E-state index in [0.717, 1.165) is 16.0 Å². The molecule has 0 fully saturated rings. The highest BCUT2D eigenvalue weighted by Gasteiger charge is 2.19. The van der Waals surface area contributed by atoms with Crippen LogP contribution in [0.1, 0.15) is 17.4 Å². The molecule has 148 valence electrons. The minimum Gasteiger partial charge on any atom is -0.494 e. The zero-order valence-corrected chi connectivity index (χ0v) is 17.3. The molecule has 0 atom stereocenters. The van der Waals surface area contributed by atoms with Gasteiger partial charge in [0.15, 0.2) is 10.3 Å². The molecule has 0 spiro atoms. The van der Waals surface area contributed by atoms with Gasteiger partial charge in [-0.3, -0.25) is 14.7 Å².